The maximum absolute atomic E-state index is 12.7. The second-order valence-electron chi connectivity index (χ2n) is 6.54. The predicted molar refractivity (Wildman–Crippen MR) is 108 cm³/mol. The fourth-order valence-electron chi connectivity index (χ4n) is 3.15. The molecule has 6 nitrogen and oxygen atoms in total. The molecule has 0 bridgehead atoms. The molecule has 0 aliphatic rings. The van der Waals surface area contributed by atoms with Crippen molar-refractivity contribution in [3.8, 4) is 11.5 Å². The van der Waals surface area contributed by atoms with Crippen molar-refractivity contribution in [3.63, 3.8) is 0 Å². The first kappa shape index (κ1) is 19.5. The zero-order chi connectivity index (χ0) is 20.1. The van der Waals surface area contributed by atoms with Gasteiger partial charge in [0.25, 0.3) is 5.91 Å². The van der Waals surface area contributed by atoms with E-state index in [2.05, 4.69) is 22.5 Å². The van der Waals surface area contributed by atoms with Gasteiger partial charge in [0, 0.05) is 23.9 Å². The summed E-state index contributed by atoms with van der Waals surface area (Å²) in [5.74, 6) is 0.918. The average Bonchev–Trinajstić information content (AvgIpc) is 2.99. The molecule has 3 aromatic rings. The number of rotatable bonds is 7. The summed E-state index contributed by atoms with van der Waals surface area (Å²) in [5, 5.41) is 7.61. The van der Waals surface area contributed by atoms with Crippen molar-refractivity contribution in [2.24, 2.45) is 0 Å². The SMILES string of the molecule is COc1ccc(C(=O)NCc2c(C)nn(Cc3ccccc3)c2C)c(OC)c1. The van der Waals surface area contributed by atoms with Crippen molar-refractivity contribution in [1.29, 1.82) is 0 Å². The van der Waals surface area contributed by atoms with Gasteiger partial charge in [0.15, 0.2) is 0 Å². The van der Waals surface area contributed by atoms with Gasteiger partial charge >= 0.3 is 0 Å². The Labute approximate surface area is 165 Å². The van der Waals surface area contributed by atoms with Gasteiger partial charge in [0.1, 0.15) is 11.5 Å². The molecule has 146 valence electrons. The topological polar surface area (TPSA) is 65.4 Å². The van der Waals surface area contributed by atoms with Crippen LogP contribution in [0, 0.1) is 13.8 Å². The van der Waals surface area contributed by atoms with E-state index in [-0.39, 0.29) is 5.91 Å². The second-order valence-corrected chi connectivity index (χ2v) is 6.54. The molecule has 6 heteroatoms. The number of hydrogen-bond acceptors (Lipinski definition) is 4. The minimum atomic E-state index is -0.200. The van der Waals surface area contributed by atoms with Gasteiger partial charge in [-0.05, 0) is 31.5 Å². The van der Waals surface area contributed by atoms with E-state index in [0.29, 0.717) is 30.2 Å². The van der Waals surface area contributed by atoms with Gasteiger partial charge in [-0.25, -0.2) is 0 Å². The lowest BCUT2D eigenvalue weighted by Gasteiger charge is -2.11. The highest BCUT2D eigenvalue weighted by atomic mass is 16.5. The monoisotopic (exact) mass is 379 g/mol. The highest BCUT2D eigenvalue weighted by Crippen LogP contribution is 2.24. The summed E-state index contributed by atoms with van der Waals surface area (Å²) in [6, 6.07) is 15.3. The number of methoxy groups -OCH3 is 2. The average molecular weight is 379 g/mol. The van der Waals surface area contributed by atoms with Crippen LogP contribution in [0.3, 0.4) is 0 Å². The van der Waals surface area contributed by atoms with Gasteiger partial charge in [0.05, 0.1) is 32.0 Å². The van der Waals surface area contributed by atoms with Gasteiger partial charge in [-0.15, -0.1) is 0 Å². The molecule has 3 rings (SSSR count). The zero-order valence-corrected chi connectivity index (χ0v) is 16.7. The Morgan fingerprint density at radius 3 is 2.50 bits per heavy atom. The zero-order valence-electron chi connectivity index (χ0n) is 16.7. The number of aryl methyl sites for hydroxylation is 1. The molecular weight excluding hydrogens is 354 g/mol. The van der Waals surface area contributed by atoms with E-state index in [1.165, 1.54) is 12.7 Å². The number of aromatic nitrogens is 2. The van der Waals surface area contributed by atoms with Gasteiger partial charge < -0.3 is 14.8 Å². The molecule has 0 aliphatic carbocycles. The first-order valence-corrected chi connectivity index (χ1v) is 9.10. The largest absolute Gasteiger partial charge is 0.497 e. The summed E-state index contributed by atoms with van der Waals surface area (Å²) in [5.41, 5.74) is 4.64. The first-order valence-electron chi connectivity index (χ1n) is 9.10. The third-order valence-corrected chi connectivity index (χ3v) is 4.79. The van der Waals surface area contributed by atoms with Crippen molar-refractivity contribution in [2.45, 2.75) is 26.9 Å². The van der Waals surface area contributed by atoms with Crippen LogP contribution in [-0.2, 0) is 13.1 Å². The van der Waals surface area contributed by atoms with Gasteiger partial charge in [-0.2, -0.15) is 5.10 Å². The van der Waals surface area contributed by atoms with Crippen molar-refractivity contribution < 1.29 is 14.3 Å². The van der Waals surface area contributed by atoms with Gasteiger partial charge in [-0.1, -0.05) is 30.3 Å². The number of nitrogens with zero attached hydrogens (tertiary/aromatic N) is 2. The minimum absolute atomic E-state index is 0.200. The van der Waals surface area contributed by atoms with E-state index in [0.717, 1.165) is 17.0 Å². The lowest BCUT2D eigenvalue weighted by Crippen LogP contribution is -2.24. The molecule has 0 atom stereocenters. The highest BCUT2D eigenvalue weighted by molar-refractivity contribution is 5.97. The van der Waals surface area contributed by atoms with E-state index in [9.17, 15) is 4.79 Å². The van der Waals surface area contributed by atoms with E-state index in [1.54, 1.807) is 25.3 Å². The molecule has 1 heterocycles. The third-order valence-electron chi connectivity index (χ3n) is 4.79. The molecule has 0 unspecified atom stereocenters. The number of benzene rings is 2. The van der Waals surface area contributed by atoms with Crippen LogP contribution in [0.2, 0.25) is 0 Å². The third kappa shape index (κ3) is 4.17. The number of carbonyl (C=O) groups is 1. The van der Waals surface area contributed by atoms with Crippen LogP contribution >= 0.6 is 0 Å². The van der Waals surface area contributed by atoms with Crippen molar-refractivity contribution in [2.75, 3.05) is 14.2 Å². The van der Waals surface area contributed by atoms with E-state index in [1.807, 2.05) is 36.7 Å². The maximum atomic E-state index is 12.7. The summed E-state index contributed by atoms with van der Waals surface area (Å²) in [7, 11) is 3.11. The van der Waals surface area contributed by atoms with E-state index < -0.39 is 0 Å². The quantitative estimate of drug-likeness (QED) is 0.682. The van der Waals surface area contributed by atoms with Crippen LogP contribution in [-0.4, -0.2) is 29.9 Å². The van der Waals surface area contributed by atoms with Crippen LogP contribution < -0.4 is 14.8 Å². The Morgan fingerprint density at radius 1 is 1.07 bits per heavy atom. The normalized spacial score (nSPS) is 10.6. The van der Waals surface area contributed by atoms with Crippen molar-refractivity contribution >= 4 is 5.91 Å². The van der Waals surface area contributed by atoms with E-state index >= 15 is 0 Å². The summed E-state index contributed by atoms with van der Waals surface area (Å²) < 4.78 is 12.5. The highest BCUT2D eigenvalue weighted by Gasteiger charge is 2.16. The van der Waals surface area contributed by atoms with Gasteiger partial charge in [-0.3, -0.25) is 9.48 Å². The summed E-state index contributed by atoms with van der Waals surface area (Å²) >= 11 is 0. The second kappa shape index (κ2) is 8.61. The van der Waals surface area contributed by atoms with Crippen molar-refractivity contribution in [3.05, 3.63) is 76.6 Å². The molecular formula is C22H25N3O3. The number of ether oxygens (including phenoxy) is 2. The number of hydrogen-bond donors (Lipinski definition) is 1. The van der Waals surface area contributed by atoms with Crippen LogP contribution in [0.5, 0.6) is 11.5 Å². The molecule has 0 radical (unpaired) electrons. The molecule has 1 amide bonds. The fourth-order valence-corrected chi connectivity index (χ4v) is 3.15. The maximum Gasteiger partial charge on any atom is 0.255 e. The Balaban J connectivity index is 1.73. The number of carbonyl (C=O) groups excluding carboxylic acids is 1. The predicted octanol–water partition coefficient (Wildman–Crippen LogP) is 3.50. The standard InChI is InChI=1S/C22H25N3O3/c1-15-20(16(2)25(24-15)14-17-8-6-5-7-9-17)13-23-22(26)19-11-10-18(27-3)12-21(19)28-4/h5-12H,13-14H2,1-4H3,(H,23,26). The molecule has 1 N–H and O–H groups in total. The van der Waals surface area contributed by atoms with Crippen LogP contribution in [0.15, 0.2) is 48.5 Å². The van der Waals surface area contributed by atoms with E-state index in [4.69, 9.17) is 9.47 Å². The van der Waals surface area contributed by atoms with Crippen molar-refractivity contribution in [1.82, 2.24) is 15.1 Å². The fraction of sp³-hybridized carbons (Fsp3) is 0.273. The Kier molecular flexibility index (Phi) is 5.99. The van der Waals surface area contributed by atoms with Crippen LogP contribution in [0.25, 0.3) is 0 Å². The Morgan fingerprint density at radius 2 is 1.82 bits per heavy atom. The summed E-state index contributed by atoms with van der Waals surface area (Å²) in [6.07, 6.45) is 0. The number of nitrogens with one attached hydrogen (secondary N) is 1. The van der Waals surface area contributed by atoms with Gasteiger partial charge in [0.2, 0.25) is 0 Å². The molecule has 1 aromatic heterocycles. The first-order chi connectivity index (χ1) is 13.5. The molecule has 0 saturated carbocycles. The molecule has 0 saturated heterocycles. The van der Waals surface area contributed by atoms with Crippen LogP contribution in [0.4, 0.5) is 0 Å². The summed E-state index contributed by atoms with van der Waals surface area (Å²) in [6.45, 7) is 5.09. The molecule has 0 aliphatic heterocycles. The molecule has 28 heavy (non-hydrogen) atoms. The smallest absolute Gasteiger partial charge is 0.255 e. The Hall–Kier alpha value is -3.28. The molecule has 2 aromatic carbocycles. The molecule has 0 fully saturated rings. The van der Waals surface area contributed by atoms with Crippen LogP contribution in [0.1, 0.15) is 32.9 Å². The number of amides is 1. The minimum Gasteiger partial charge on any atom is -0.497 e. The molecule has 0 spiro atoms. The summed E-state index contributed by atoms with van der Waals surface area (Å²) in [4.78, 5) is 12.7. The lowest BCUT2D eigenvalue weighted by molar-refractivity contribution is 0.0947. The lowest BCUT2D eigenvalue weighted by atomic mass is 10.1. The Bertz CT molecular complexity index is 965.